The molecule has 0 fully saturated rings. The molecular formula is C20H18N2O. The minimum atomic E-state index is 0.508. The molecule has 0 amide bonds. The fraction of sp³-hybridized carbons (Fsp3) is 0.150. The number of hydrogen-bond donors (Lipinski definition) is 1. The van der Waals surface area contributed by atoms with E-state index in [0.29, 0.717) is 12.5 Å². The van der Waals surface area contributed by atoms with E-state index in [1.54, 1.807) is 6.20 Å². The number of nitrogens with zero attached hydrogens (tertiary/aromatic N) is 1. The van der Waals surface area contributed by atoms with Crippen molar-refractivity contribution in [2.24, 2.45) is 0 Å². The van der Waals surface area contributed by atoms with Gasteiger partial charge in [-0.1, -0.05) is 36.4 Å². The van der Waals surface area contributed by atoms with E-state index in [1.807, 2.05) is 6.07 Å². The summed E-state index contributed by atoms with van der Waals surface area (Å²) in [6.07, 6.45) is 1.80. The second-order valence-electron chi connectivity index (χ2n) is 5.88. The van der Waals surface area contributed by atoms with Crippen molar-refractivity contribution in [1.29, 1.82) is 0 Å². The van der Waals surface area contributed by atoms with Crippen molar-refractivity contribution in [3.05, 3.63) is 71.5 Å². The van der Waals surface area contributed by atoms with Crippen LogP contribution in [0.1, 0.15) is 16.8 Å². The molecule has 0 unspecified atom stereocenters. The molecule has 4 aromatic rings. The maximum Gasteiger partial charge on any atom is 0.238 e. The summed E-state index contributed by atoms with van der Waals surface area (Å²) >= 11 is 0. The van der Waals surface area contributed by atoms with Crippen LogP contribution in [0, 0.1) is 13.8 Å². The molecule has 0 spiro atoms. The van der Waals surface area contributed by atoms with Gasteiger partial charge in [-0.25, -0.2) is 4.98 Å². The van der Waals surface area contributed by atoms with Gasteiger partial charge in [0.15, 0.2) is 0 Å². The number of aromatic amines is 1. The van der Waals surface area contributed by atoms with Crippen molar-refractivity contribution >= 4 is 21.7 Å². The fourth-order valence-electron chi connectivity index (χ4n) is 2.95. The van der Waals surface area contributed by atoms with Crippen LogP contribution < -0.4 is 4.74 Å². The number of benzene rings is 2. The van der Waals surface area contributed by atoms with Crippen molar-refractivity contribution < 1.29 is 4.74 Å². The molecule has 0 atom stereocenters. The highest BCUT2D eigenvalue weighted by atomic mass is 16.5. The molecule has 2 aromatic carbocycles. The highest BCUT2D eigenvalue weighted by Gasteiger charge is 2.10. The zero-order valence-electron chi connectivity index (χ0n) is 13.3. The summed E-state index contributed by atoms with van der Waals surface area (Å²) in [6, 6.07) is 16.8. The van der Waals surface area contributed by atoms with Gasteiger partial charge in [0.25, 0.3) is 0 Å². The minimum absolute atomic E-state index is 0.508. The molecule has 0 bridgehead atoms. The van der Waals surface area contributed by atoms with Crippen LogP contribution >= 0.6 is 0 Å². The quantitative estimate of drug-likeness (QED) is 0.584. The first kappa shape index (κ1) is 13.8. The summed E-state index contributed by atoms with van der Waals surface area (Å²) < 4.78 is 5.98. The van der Waals surface area contributed by atoms with Gasteiger partial charge in [-0.15, -0.1) is 0 Å². The molecule has 0 radical (unpaired) electrons. The second-order valence-corrected chi connectivity index (χ2v) is 5.88. The van der Waals surface area contributed by atoms with Crippen LogP contribution in [0.4, 0.5) is 0 Å². The van der Waals surface area contributed by atoms with Crippen molar-refractivity contribution in [2.45, 2.75) is 20.5 Å². The lowest BCUT2D eigenvalue weighted by molar-refractivity contribution is 0.297. The summed E-state index contributed by atoms with van der Waals surface area (Å²) in [5, 5.41) is 3.64. The Kier molecular flexibility index (Phi) is 3.27. The van der Waals surface area contributed by atoms with Gasteiger partial charge >= 0.3 is 0 Å². The molecule has 2 heterocycles. The topological polar surface area (TPSA) is 37.9 Å². The van der Waals surface area contributed by atoms with Crippen LogP contribution in [0.5, 0.6) is 5.88 Å². The Hall–Kier alpha value is -2.81. The van der Waals surface area contributed by atoms with Crippen molar-refractivity contribution in [2.75, 3.05) is 0 Å². The number of rotatable bonds is 3. The number of hydrogen-bond acceptors (Lipinski definition) is 2. The van der Waals surface area contributed by atoms with Gasteiger partial charge in [0.05, 0.1) is 0 Å². The number of aryl methyl sites for hydroxylation is 2. The van der Waals surface area contributed by atoms with Gasteiger partial charge in [0.2, 0.25) is 5.88 Å². The zero-order valence-corrected chi connectivity index (χ0v) is 13.3. The Labute approximate surface area is 134 Å². The van der Waals surface area contributed by atoms with E-state index < -0.39 is 0 Å². The normalized spacial score (nSPS) is 11.2. The number of pyridine rings is 1. The molecule has 4 rings (SSSR count). The second kappa shape index (κ2) is 5.43. The van der Waals surface area contributed by atoms with Crippen LogP contribution in [0.25, 0.3) is 21.7 Å². The third-order valence-electron chi connectivity index (χ3n) is 4.38. The summed E-state index contributed by atoms with van der Waals surface area (Å²) in [5.41, 5.74) is 4.52. The van der Waals surface area contributed by atoms with E-state index >= 15 is 0 Å². The van der Waals surface area contributed by atoms with Crippen LogP contribution in [-0.4, -0.2) is 9.97 Å². The first-order valence-corrected chi connectivity index (χ1v) is 7.77. The van der Waals surface area contributed by atoms with Gasteiger partial charge in [0, 0.05) is 17.3 Å². The monoisotopic (exact) mass is 302 g/mol. The van der Waals surface area contributed by atoms with E-state index in [4.69, 9.17) is 4.74 Å². The van der Waals surface area contributed by atoms with E-state index in [1.165, 1.54) is 21.7 Å². The molecule has 0 saturated carbocycles. The SMILES string of the molecule is Cc1[nH]c2c(OCc3ccc4ccccc4c3)nccc2c1C. The number of ether oxygens (including phenoxy) is 1. The van der Waals surface area contributed by atoms with Gasteiger partial charge < -0.3 is 9.72 Å². The number of nitrogens with one attached hydrogen (secondary N) is 1. The predicted molar refractivity (Wildman–Crippen MR) is 93.8 cm³/mol. The third kappa shape index (κ3) is 2.44. The molecule has 3 nitrogen and oxygen atoms in total. The summed E-state index contributed by atoms with van der Waals surface area (Å²) in [6.45, 7) is 4.69. The van der Waals surface area contributed by atoms with Crippen molar-refractivity contribution in [1.82, 2.24) is 9.97 Å². The van der Waals surface area contributed by atoms with Crippen LogP contribution in [-0.2, 0) is 6.61 Å². The first-order chi connectivity index (χ1) is 11.2. The third-order valence-corrected chi connectivity index (χ3v) is 4.38. The van der Waals surface area contributed by atoms with Gasteiger partial charge in [-0.05, 0) is 47.9 Å². The lowest BCUT2D eigenvalue weighted by Crippen LogP contribution is -1.98. The van der Waals surface area contributed by atoms with E-state index in [0.717, 1.165) is 16.8 Å². The Bertz CT molecular complexity index is 1000. The maximum absolute atomic E-state index is 5.98. The molecular weight excluding hydrogens is 284 g/mol. The van der Waals surface area contributed by atoms with Gasteiger partial charge in [-0.3, -0.25) is 0 Å². The first-order valence-electron chi connectivity index (χ1n) is 7.77. The van der Waals surface area contributed by atoms with Crippen molar-refractivity contribution in [3.63, 3.8) is 0 Å². The standard InChI is InChI=1S/C20H18N2O/c1-13-14(2)22-19-18(13)9-10-21-20(19)23-12-15-7-8-16-5-3-4-6-17(16)11-15/h3-11,22H,12H2,1-2H3. The smallest absolute Gasteiger partial charge is 0.238 e. The molecule has 0 aliphatic rings. The molecule has 2 aromatic heterocycles. The number of aromatic nitrogens is 2. The molecule has 23 heavy (non-hydrogen) atoms. The average Bonchev–Trinajstić information content (AvgIpc) is 2.88. The molecule has 0 saturated heterocycles. The lowest BCUT2D eigenvalue weighted by atomic mass is 10.1. The molecule has 0 aliphatic carbocycles. The Morgan fingerprint density at radius 3 is 2.70 bits per heavy atom. The van der Waals surface area contributed by atoms with Crippen LogP contribution in [0.15, 0.2) is 54.7 Å². The predicted octanol–water partition coefficient (Wildman–Crippen LogP) is 4.91. The molecule has 3 heteroatoms. The highest BCUT2D eigenvalue weighted by molar-refractivity contribution is 5.88. The molecule has 0 aliphatic heterocycles. The largest absolute Gasteiger partial charge is 0.471 e. The summed E-state index contributed by atoms with van der Waals surface area (Å²) in [7, 11) is 0. The average molecular weight is 302 g/mol. The van der Waals surface area contributed by atoms with E-state index in [2.05, 4.69) is 66.3 Å². The lowest BCUT2D eigenvalue weighted by Gasteiger charge is -2.07. The molecule has 1 N–H and O–H groups in total. The zero-order chi connectivity index (χ0) is 15.8. The van der Waals surface area contributed by atoms with Gasteiger partial charge in [0.1, 0.15) is 12.1 Å². The molecule has 114 valence electrons. The highest BCUT2D eigenvalue weighted by Crippen LogP contribution is 2.27. The number of fused-ring (bicyclic) bond motifs is 2. The minimum Gasteiger partial charge on any atom is -0.471 e. The van der Waals surface area contributed by atoms with Gasteiger partial charge in [-0.2, -0.15) is 0 Å². The van der Waals surface area contributed by atoms with Crippen molar-refractivity contribution in [3.8, 4) is 5.88 Å². The Morgan fingerprint density at radius 2 is 1.83 bits per heavy atom. The van der Waals surface area contributed by atoms with Crippen LogP contribution in [0.2, 0.25) is 0 Å². The Balaban J connectivity index is 1.64. The van der Waals surface area contributed by atoms with E-state index in [-0.39, 0.29) is 0 Å². The number of H-pyrrole nitrogens is 1. The van der Waals surface area contributed by atoms with E-state index in [9.17, 15) is 0 Å². The summed E-state index contributed by atoms with van der Waals surface area (Å²) in [4.78, 5) is 7.76. The maximum atomic E-state index is 5.98. The Morgan fingerprint density at radius 1 is 1.00 bits per heavy atom. The van der Waals surface area contributed by atoms with Crippen LogP contribution in [0.3, 0.4) is 0 Å². The fourth-order valence-corrected chi connectivity index (χ4v) is 2.95. The summed E-state index contributed by atoms with van der Waals surface area (Å²) in [5.74, 6) is 0.659.